The van der Waals surface area contributed by atoms with Crippen LogP contribution in [-0.2, 0) is 4.74 Å². The van der Waals surface area contributed by atoms with Gasteiger partial charge in [0.25, 0.3) is 0 Å². The van der Waals surface area contributed by atoms with Gasteiger partial charge in [0.2, 0.25) is 0 Å². The lowest BCUT2D eigenvalue weighted by Crippen LogP contribution is -2.30. The van der Waals surface area contributed by atoms with Crippen LogP contribution in [0.4, 0.5) is 0 Å². The second kappa shape index (κ2) is 5.51. The molecule has 12 heavy (non-hydrogen) atoms. The summed E-state index contributed by atoms with van der Waals surface area (Å²) in [5.74, 6) is 0.840. The van der Waals surface area contributed by atoms with Gasteiger partial charge in [0, 0.05) is 19.3 Å². The van der Waals surface area contributed by atoms with Gasteiger partial charge in [-0.2, -0.15) is 0 Å². The summed E-state index contributed by atoms with van der Waals surface area (Å²) in [6, 6.07) is 0.198. The van der Waals surface area contributed by atoms with Crippen molar-refractivity contribution in [3.05, 3.63) is 0 Å². The van der Waals surface area contributed by atoms with E-state index in [1.54, 1.807) is 0 Å². The molecule has 1 aliphatic carbocycles. The summed E-state index contributed by atoms with van der Waals surface area (Å²) in [5.41, 5.74) is 0. The van der Waals surface area contributed by atoms with Crippen LogP contribution in [0, 0.1) is 5.92 Å². The summed E-state index contributed by atoms with van der Waals surface area (Å²) >= 11 is 0. The van der Waals surface area contributed by atoms with E-state index in [1.165, 1.54) is 12.8 Å². The largest absolute Gasteiger partial charge is 0.395 e. The Bertz CT molecular complexity index is 111. The zero-order valence-electron chi connectivity index (χ0n) is 7.75. The molecule has 0 heterocycles. The van der Waals surface area contributed by atoms with Gasteiger partial charge in [-0.15, -0.1) is 0 Å². The van der Waals surface area contributed by atoms with Crippen LogP contribution in [0.2, 0.25) is 0 Å². The van der Waals surface area contributed by atoms with Crippen molar-refractivity contribution in [3.63, 3.8) is 0 Å². The van der Waals surface area contributed by atoms with E-state index in [4.69, 9.17) is 9.84 Å². The lowest BCUT2D eigenvalue weighted by molar-refractivity contribution is 0.107. The van der Waals surface area contributed by atoms with E-state index in [-0.39, 0.29) is 12.6 Å². The second-order valence-corrected chi connectivity index (χ2v) is 3.48. The summed E-state index contributed by atoms with van der Waals surface area (Å²) in [6.45, 7) is 1.88. The maximum absolute atomic E-state index is 8.83. The molecule has 0 aliphatic heterocycles. The summed E-state index contributed by atoms with van der Waals surface area (Å²) in [6.07, 6.45) is 3.59. The zero-order chi connectivity index (χ0) is 8.81. The van der Waals surface area contributed by atoms with Crippen LogP contribution in [0.5, 0.6) is 0 Å². The molecule has 0 bridgehead atoms. The highest BCUT2D eigenvalue weighted by atomic mass is 16.5. The number of hydrogen-bond donors (Lipinski definition) is 2. The number of likely N-dealkylation sites (N-methyl/N-ethyl adjacent to an activating group) is 1. The molecule has 1 atom stereocenters. The van der Waals surface area contributed by atoms with Crippen LogP contribution in [0.25, 0.3) is 0 Å². The Hall–Kier alpha value is -0.120. The third kappa shape index (κ3) is 4.04. The molecule has 3 nitrogen and oxygen atoms in total. The Kier molecular flexibility index (Phi) is 4.58. The van der Waals surface area contributed by atoms with Crippen LogP contribution >= 0.6 is 0 Å². The van der Waals surface area contributed by atoms with Crippen LogP contribution < -0.4 is 5.32 Å². The van der Waals surface area contributed by atoms with Crippen LogP contribution in [0.3, 0.4) is 0 Å². The quantitative estimate of drug-likeness (QED) is 0.547. The second-order valence-electron chi connectivity index (χ2n) is 3.48. The molecule has 0 aromatic carbocycles. The molecule has 0 aromatic rings. The van der Waals surface area contributed by atoms with E-state index in [0.29, 0.717) is 0 Å². The monoisotopic (exact) mass is 173 g/mol. The van der Waals surface area contributed by atoms with E-state index < -0.39 is 0 Å². The fourth-order valence-corrected chi connectivity index (χ4v) is 1.09. The molecular weight excluding hydrogens is 154 g/mol. The zero-order valence-corrected chi connectivity index (χ0v) is 7.75. The predicted octanol–water partition coefficient (Wildman–Crippen LogP) is 0.383. The Balaban J connectivity index is 1.85. The Morgan fingerprint density at radius 3 is 2.83 bits per heavy atom. The highest BCUT2D eigenvalue weighted by Crippen LogP contribution is 2.28. The van der Waals surface area contributed by atoms with Crippen molar-refractivity contribution in [2.75, 3.05) is 26.9 Å². The molecule has 1 fully saturated rings. The van der Waals surface area contributed by atoms with Gasteiger partial charge in [-0.3, -0.25) is 0 Å². The van der Waals surface area contributed by atoms with Gasteiger partial charge < -0.3 is 15.2 Å². The van der Waals surface area contributed by atoms with Gasteiger partial charge in [-0.25, -0.2) is 0 Å². The van der Waals surface area contributed by atoms with Gasteiger partial charge in [-0.1, -0.05) is 0 Å². The van der Waals surface area contributed by atoms with Crippen molar-refractivity contribution in [3.8, 4) is 0 Å². The first-order chi connectivity index (χ1) is 5.86. The fraction of sp³-hybridized carbons (Fsp3) is 1.00. The molecular formula is C9H19NO2. The van der Waals surface area contributed by atoms with Crippen molar-refractivity contribution in [1.82, 2.24) is 5.32 Å². The number of ether oxygens (including phenoxy) is 1. The predicted molar refractivity (Wildman–Crippen MR) is 48.1 cm³/mol. The minimum Gasteiger partial charge on any atom is -0.395 e. The first kappa shape index (κ1) is 9.96. The average Bonchev–Trinajstić information content (AvgIpc) is 2.89. The fourth-order valence-electron chi connectivity index (χ4n) is 1.09. The van der Waals surface area contributed by atoms with Gasteiger partial charge in [0.15, 0.2) is 0 Å². The molecule has 1 rings (SSSR count). The van der Waals surface area contributed by atoms with E-state index >= 15 is 0 Å². The highest BCUT2D eigenvalue weighted by Gasteiger charge is 2.21. The smallest absolute Gasteiger partial charge is 0.0585 e. The number of hydrogen-bond acceptors (Lipinski definition) is 3. The molecule has 1 saturated carbocycles. The SMILES string of the molecule is CNC(CO)CCOCC1CC1. The van der Waals surface area contributed by atoms with Crippen molar-refractivity contribution in [2.45, 2.75) is 25.3 Å². The molecule has 0 radical (unpaired) electrons. The molecule has 1 aliphatic rings. The number of rotatable bonds is 7. The van der Waals surface area contributed by atoms with Gasteiger partial charge in [0.1, 0.15) is 0 Å². The average molecular weight is 173 g/mol. The third-order valence-corrected chi connectivity index (χ3v) is 2.29. The molecule has 72 valence electrons. The molecule has 3 heteroatoms. The van der Waals surface area contributed by atoms with Gasteiger partial charge >= 0.3 is 0 Å². The lowest BCUT2D eigenvalue weighted by atomic mass is 10.2. The maximum atomic E-state index is 8.83. The summed E-state index contributed by atoms with van der Waals surface area (Å²) < 4.78 is 5.44. The molecule has 0 amide bonds. The van der Waals surface area contributed by atoms with E-state index in [2.05, 4.69) is 5.32 Å². The van der Waals surface area contributed by atoms with E-state index in [9.17, 15) is 0 Å². The standard InChI is InChI=1S/C9H19NO2/c1-10-9(6-11)4-5-12-7-8-2-3-8/h8-11H,2-7H2,1H3. The van der Waals surface area contributed by atoms with Crippen molar-refractivity contribution >= 4 is 0 Å². The highest BCUT2D eigenvalue weighted by molar-refractivity contribution is 4.72. The Labute approximate surface area is 74.1 Å². The summed E-state index contributed by atoms with van der Waals surface area (Å²) in [4.78, 5) is 0. The van der Waals surface area contributed by atoms with Crippen LogP contribution in [-0.4, -0.2) is 38.0 Å². The van der Waals surface area contributed by atoms with Crippen molar-refractivity contribution in [1.29, 1.82) is 0 Å². The van der Waals surface area contributed by atoms with E-state index in [1.807, 2.05) is 7.05 Å². The Morgan fingerprint density at radius 2 is 2.33 bits per heavy atom. The lowest BCUT2D eigenvalue weighted by Gasteiger charge is -2.12. The van der Waals surface area contributed by atoms with Crippen LogP contribution in [0.1, 0.15) is 19.3 Å². The maximum Gasteiger partial charge on any atom is 0.0585 e. The number of nitrogens with one attached hydrogen (secondary N) is 1. The first-order valence-electron chi connectivity index (χ1n) is 4.72. The van der Waals surface area contributed by atoms with Crippen molar-refractivity contribution < 1.29 is 9.84 Å². The molecule has 1 unspecified atom stereocenters. The normalized spacial score (nSPS) is 19.5. The number of aliphatic hydroxyl groups excluding tert-OH is 1. The Morgan fingerprint density at radius 1 is 1.58 bits per heavy atom. The minimum absolute atomic E-state index is 0.198. The van der Waals surface area contributed by atoms with Gasteiger partial charge in [-0.05, 0) is 32.2 Å². The summed E-state index contributed by atoms with van der Waals surface area (Å²) in [7, 11) is 1.86. The molecule has 0 saturated heterocycles. The van der Waals surface area contributed by atoms with Crippen LogP contribution in [0.15, 0.2) is 0 Å². The molecule has 2 N–H and O–H groups in total. The minimum atomic E-state index is 0.198. The number of aliphatic hydroxyl groups is 1. The third-order valence-electron chi connectivity index (χ3n) is 2.29. The van der Waals surface area contributed by atoms with Crippen molar-refractivity contribution in [2.24, 2.45) is 5.92 Å². The van der Waals surface area contributed by atoms with Gasteiger partial charge in [0.05, 0.1) is 6.61 Å². The summed E-state index contributed by atoms with van der Waals surface area (Å²) in [5, 5.41) is 11.9. The molecule has 0 spiro atoms. The first-order valence-corrected chi connectivity index (χ1v) is 4.72. The molecule has 0 aromatic heterocycles. The topological polar surface area (TPSA) is 41.5 Å². The van der Waals surface area contributed by atoms with E-state index in [0.717, 1.165) is 25.6 Å².